The lowest BCUT2D eigenvalue weighted by Gasteiger charge is -2.34. The zero-order valence-electron chi connectivity index (χ0n) is 22.7. The van der Waals surface area contributed by atoms with Crippen molar-refractivity contribution < 1.29 is 18.0 Å². The van der Waals surface area contributed by atoms with E-state index in [2.05, 4.69) is 17.6 Å². The van der Waals surface area contributed by atoms with Gasteiger partial charge in [-0.05, 0) is 74.1 Å². The molecule has 0 radical (unpaired) electrons. The molecule has 1 aromatic rings. The first-order valence-electron chi connectivity index (χ1n) is 13.8. The van der Waals surface area contributed by atoms with E-state index in [1.165, 1.54) is 0 Å². The summed E-state index contributed by atoms with van der Waals surface area (Å²) in [6.07, 6.45) is 6.19. The summed E-state index contributed by atoms with van der Waals surface area (Å²) in [5.74, 6) is 1.87. The lowest BCUT2D eigenvalue weighted by atomic mass is 9.82. The Labute approximate surface area is 221 Å². The molecule has 9 heteroatoms. The van der Waals surface area contributed by atoms with Crippen molar-refractivity contribution in [1.82, 2.24) is 14.9 Å². The highest BCUT2D eigenvalue weighted by Gasteiger charge is 2.48. The predicted octanol–water partition coefficient (Wildman–Crippen LogP) is 3.39. The minimum absolute atomic E-state index is 0.00871. The molecule has 2 heterocycles. The summed E-state index contributed by atoms with van der Waals surface area (Å²) in [7, 11) is -3.46. The molecule has 2 N–H and O–H groups in total. The van der Waals surface area contributed by atoms with Crippen molar-refractivity contribution in [2.45, 2.75) is 91.1 Å². The second kappa shape index (κ2) is 11.2. The van der Waals surface area contributed by atoms with Crippen LogP contribution >= 0.6 is 0 Å². The first-order chi connectivity index (χ1) is 17.5. The molecule has 1 aliphatic carbocycles. The quantitative estimate of drug-likeness (QED) is 0.537. The Kier molecular flexibility index (Phi) is 8.43. The summed E-state index contributed by atoms with van der Waals surface area (Å²) in [5, 5.41) is 5.94. The molecule has 1 aromatic carbocycles. The highest BCUT2D eigenvalue weighted by Crippen LogP contribution is 2.36. The van der Waals surface area contributed by atoms with Gasteiger partial charge in [0, 0.05) is 32.0 Å². The van der Waals surface area contributed by atoms with Crippen LogP contribution < -0.4 is 10.6 Å². The summed E-state index contributed by atoms with van der Waals surface area (Å²) in [5.41, 5.74) is 3.32. The molecule has 0 unspecified atom stereocenters. The Morgan fingerprint density at radius 1 is 1.14 bits per heavy atom. The number of nitrogens with one attached hydrogen (secondary N) is 2. The van der Waals surface area contributed by atoms with E-state index in [9.17, 15) is 18.0 Å². The van der Waals surface area contributed by atoms with E-state index in [0.29, 0.717) is 51.2 Å². The largest absolute Gasteiger partial charge is 0.352 e. The van der Waals surface area contributed by atoms with E-state index in [-0.39, 0.29) is 17.6 Å². The molecular formula is C28H42N4O4S. The van der Waals surface area contributed by atoms with Crippen molar-refractivity contribution in [3.8, 4) is 0 Å². The smallest absolute Gasteiger partial charge is 0.253 e. The molecule has 1 saturated heterocycles. The number of amidine groups is 1. The van der Waals surface area contributed by atoms with Gasteiger partial charge in [0.15, 0.2) is 0 Å². The fraction of sp³-hybridized carbons (Fsp3) is 0.679. The molecule has 0 atom stereocenters. The van der Waals surface area contributed by atoms with Crippen LogP contribution in [0.4, 0.5) is 0 Å². The average Bonchev–Trinajstić information content (AvgIpc) is 3.17. The van der Waals surface area contributed by atoms with Gasteiger partial charge < -0.3 is 10.6 Å². The third-order valence-corrected chi connectivity index (χ3v) is 10.4. The number of carbonyl (C=O) groups is 2. The topological polar surface area (TPSA) is 108 Å². The molecule has 2 fully saturated rings. The van der Waals surface area contributed by atoms with Gasteiger partial charge in [0.2, 0.25) is 15.9 Å². The third-order valence-electron chi connectivity index (χ3n) is 8.52. The van der Waals surface area contributed by atoms with Crippen LogP contribution in [0.2, 0.25) is 0 Å². The van der Waals surface area contributed by atoms with Crippen LogP contribution in [0.3, 0.4) is 0 Å². The maximum Gasteiger partial charge on any atom is 0.253 e. The van der Waals surface area contributed by atoms with Gasteiger partial charge in [-0.15, -0.1) is 0 Å². The fourth-order valence-electron chi connectivity index (χ4n) is 6.01. The van der Waals surface area contributed by atoms with Crippen LogP contribution in [0.5, 0.6) is 0 Å². The Balaban J connectivity index is 1.35. The summed E-state index contributed by atoms with van der Waals surface area (Å²) < 4.78 is 28.0. The first kappa shape index (κ1) is 27.8. The number of carbonyl (C=O) groups excluding carboxylic acids is 2. The Morgan fingerprint density at radius 2 is 1.76 bits per heavy atom. The van der Waals surface area contributed by atoms with E-state index in [0.717, 1.165) is 59.7 Å². The van der Waals surface area contributed by atoms with Crippen molar-refractivity contribution >= 4 is 27.7 Å². The highest BCUT2D eigenvalue weighted by molar-refractivity contribution is 7.89. The van der Waals surface area contributed by atoms with Gasteiger partial charge in [-0.25, -0.2) is 12.7 Å². The maximum absolute atomic E-state index is 13.2. The minimum atomic E-state index is -3.46. The number of hydrogen-bond donors (Lipinski definition) is 2. The van der Waals surface area contributed by atoms with Gasteiger partial charge in [0.1, 0.15) is 11.4 Å². The van der Waals surface area contributed by atoms with E-state index in [4.69, 9.17) is 4.99 Å². The second-order valence-electron chi connectivity index (χ2n) is 11.2. The normalized spacial score (nSPS) is 24.1. The first-order valence-corrected chi connectivity index (χ1v) is 15.4. The van der Waals surface area contributed by atoms with Gasteiger partial charge in [-0.2, -0.15) is 0 Å². The van der Waals surface area contributed by atoms with Crippen molar-refractivity contribution in [3.05, 3.63) is 34.4 Å². The predicted molar refractivity (Wildman–Crippen MR) is 146 cm³/mol. The molecule has 4 rings (SSSR count). The van der Waals surface area contributed by atoms with Crippen LogP contribution in [0.15, 0.2) is 17.1 Å². The van der Waals surface area contributed by atoms with Crippen LogP contribution in [0, 0.1) is 25.7 Å². The summed E-state index contributed by atoms with van der Waals surface area (Å²) in [4.78, 5) is 29.4. The molecule has 37 heavy (non-hydrogen) atoms. The molecule has 8 nitrogen and oxygen atoms in total. The molecule has 1 spiro atoms. The molecular weight excluding hydrogens is 488 g/mol. The molecule has 3 aliphatic rings. The van der Waals surface area contributed by atoms with Crippen molar-refractivity contribution in [2.24, 2.45) is 16.8 Å². The molecule has 204 valence electrons. The van der Waals surface area contributed by atoms with Gasteiger partial charge in [0.05, 0.1) is 5.75 Å². The van der Waals surface area contributed by atoms with Crippen molar-refractivity contribution in [1.29, 1.82) is 0 Å². The average molecular weight is 531 g/mol. The highest BCUT2D eigenvalue weighted by atomic mass is 32.2. The summed E-state index contributed by atoms with van der Waals surface area (Å²) in [6.45, 7) is 9.20. The Hall–Kier alpha value is -2.26. The number of aliphatic imine (C=N–C) groups is 1. The number of aryl methyl sites for hydroxylation is 2. The van der Waals surface area contributed by atoms with E-state index < -0.39 is 15.6 Å². The third kappa shape index (κ3) is 6.25. The van der Waals surface area contributed by atoms with Crippen molar-refractivity contribution in [3.63, 3.8) is 0 Å². The second-order valence-corrected chi connectivity index (χ2v) is 13.3. The van der Waals surface area contributed by atoms with Crippen LogP contribution in [-0.4, -0.2) is 54.8 Å². The van der Waals surface area contributed by atoms with Gasteiger partial charge in [0.25, 0.3) is 5.91 Å². The van der Waals surface area contributed by atoms with E-state index in [1.807, 2.05) is 32.9 Å². The number of piperidine rings is 1. The van der Waals surface area contributed by atoms with E-state index >= 15 is 0 Å². The zero-order chi connectivity index (χ0) is 26.8. The monoisotopic (exact) mass is 530 g/mol. The zero-order valence-corrected chi connectivity index (χ0v) is 23.5. The number of hydrogen-bond acceptors (Lipinski definition) is 5. The molecule has 0 bridgehead atoms. The number of nitrogens with zero attached hydrogens (tertiary/aromatic N) is 2. The van der Waals surface area contributed by atoms with Crippen LogP contribution in [0.25, 0.3) is 0 Å². The van der Waals surface area contributed by atoms with Crippen LogP contribution in [0.1, 0.15) is 81.0 Å². The van der Waals surface area contributed by atoms with Gasteiger partial charge in [-0.3, -0.25) is 14.6 Å². The Bertz CT molecular complexity index is 1140. The summed E-state index contributed by atoms with van der Waals surface area (Å²) >= 11 is 0. The Morgan fingerprint density at radius 3 is 2.35 bits per heavy atom. The lowest BCUT2D eigenvalue weighted by molar-refractivity contribution is -0.125. The van der Waals surface area contributed by atoms with E-state index in [1.54, 1.807) is 4.31 Å². The molecule has 2 aliphatic heterocycles. The fourth-order valence-corrected chi connectivity index (χ4v) is 7.47. The number of sulfonamides is 1. The minimum Gasteiger partial charge on any atom is -0.352 e. The van der Waals surface area contributed by atoms with Crippen molar-refractivity contribution in [2.75, 3.05) is 18.8 Å². The molecule has 2 amide bonds. The number of rotatable bonds is 8. The maximum atomic E-state index is 13.2. The standard InChI is InChI=1S/C28H42N4O4S/c1-5-25(33)29-18-22-16-20(3)24(21(4)17-22)10-15-37(35,36)32-13-11-28(12-14-32)27(34)30-26(31-28)23-8-6-19(2)7-9-23/h16-17,19,23H,5-15,18H2,1-4H3,(H,29,33)(H,30,31,34). The summed E-state index contributed by atoms with van der Waals surface area (Å²) in [6, 6.07) is 4.05. The SMILES string of the molecule is CCC(=O)NCc1cc(C)c(CCS(=O)(=O)N2CCC3(CC2)N=C(C2CCC(C)CC2)NC3=O)c(C)c1. The molecule has 0 aromatic heterocycles. The van der Waals surface area contributed by atoms with Gasteiger partial charge in [-0.1, -0.05) is 38.8 Å². The molecule has 1 saturated carbocycles. The lowest BCUT2D eigenvalue weighted by Crippen LogP contribution is -2.51. The number of amides is 2. The number of benzene rings is 1. The van der Waals surface area contributed by atoms with Gasteiger partial charge >= 0.3 is 0 Å². The van der Waals surface area contributed by atoms with Crippen LogP contribution in [-0.2, 0) is 32.6 Å².